The molecule has 1 aliphatic rings. The molecule has 0 aromatic carbocycles. The molecule has 1 saturated heterocycles. The predicted molar refractivity (Wildman–Crippen MR) is 85.6 cm³/mol. The van der Waals surface area contributed by atoms with Crippen LogP contribution in [0.2, 0.25) is 18.1 Å². The van der Waals surface area contributed by atoms with Crippen LogP contribution in [-0.2, 0) is 14.0 Å². The Hall–Kier alpha value is -0.193. The van der Waals surface area contributed by atoms with Gasteiger partial charge >= 0.3 is 0 Å². The van der Waals surface area contributed by atoms with Gasteiger partial charge in [0.05, 0.1) is 12.7 Å². The molecular formula is C16H32O3Si. The second kappa shape index (κ2) is 7.19. The lowest BCUT2D eigenvalue weighted by Gasteiger charge is -2.36. The molecule has 1 rings (SSSR count). The van der Waals surface area contributed by atoms with Crippen LogP contribution in [0.25, 0.3) is 0 Å². The first kappa shape index (κ1) is 17.9. The van der Waals surface area contributed by atoms with Crippen molar-refractivity contribution in [1.29, 1.82) is 0 Å². The summed E-state index contributed by atoms with van der Waals surface area (Å²) in [5.41, 5.74) is 0. The minimum Gasteiger partial charge on any atom is -0.414 e. The van der Waals surface area contributed by atoms with Crippen LogP contribution in [0.3, 0.4) is 0 Å². The van der Waals surface area contributed by atoms with Crippen LogP contribution in [0, 0.1) is 0 Å². The Morgan fingerprint density at radius 1 is 1.30 bits per heavy atom. The maximum atomic E-state index is 11.9. The minimum absolute atomic E-state index is 0.0248. The molecule has 1 aliphatic heterocycles. The lowest BCUT2D eigenvalue weighted by atomic mass is 10.1. The first-order chi connectivity index (χ1) is 9.17. The molecule has 1 heterocycles. The van der Waals surface area contributed by atoms with Crippen LogP contribution >= 0.6 is 0 Å². The van der Waals surface area contributed by atoms with Gasteiger partial charge in [-0.3, -0.25) is 4.79 Å². The highest BCUT2D eigenvalue weighted by Crippen LogP contribution is 2.37. The van der Waals surface area contributed by atoms with E-state index in [1.54, 1.807) is 0 Å². The van der Waals surface area contributed by atoms with Crippen molar-refractivity contribution in [3.05, 3.63) is 0 Å². The van der Waals surface area contributed by atoms with Gasteiger partial charge in [-0.05, 0) is 24.6 Å². The largest absolute Gasteiger partial charge is 0.414 e. The molecule has 1 fully saturated rings. The molecule has 0 bridgehead atoms. The third kappa shape index (κ3) is 4.97. The number of hydrogen-bond donors (Lipinski definition) is 0. The molecule has 20 heavy (non-hydrogen) atoms. The molecule has 0 unspecified atom stereocenters. The topological polar surface area (TPSA) is 35.5 Å². The smallest absolute Gasteiger partial charge is 0.192 e. The van der Waals surface area contributed by atoms with E-state index in [2.05, 4.69) is 40.8 Å². The number of hydrogen-bond acceptors (Lipinski definition) is 3. The zero-order chi connectivity index (χ0) is 15.4. The number of carbonyl (C=O) groups is 1. The van der Waals surface area contributed by atoms with Crippen molar-refractivity contribution in [2.45, 2.75) is 90.1 Å². The van der Waals surface area contributed by atoms with E-state index in [0.29, 0.717) is 13.0 Å². The number of ketones is 1. The summed E-state index contributed by atoms with van der Waals surface area (Å²) < 4.78 is 12.0. The van der Waals surface area contributed by atoms with E-state index >= 15 is 0 Å². The summed E-state index contributed by atoms with van der Waals surface area (Å²) >= 11 is 0. The van der Waals surface area contributed by atoms with E-state index in [9.17, 15) is 4.79 Å². The third-order valence-electron chi connectivity index (χ3n) is 4.65. The van der Waals surface area contributed by atoms with Gasteiger partial charge in [0, 0.05) is 6.42 Å². The van der Waals surface area contributed by atoms with Crippen LogP contribution in [0.4, 0.5) is 0 Å². The highest BCUT2D eigenvalue weighted by atomic mass is 28.4. The molecule has 0 N–H and O–H groups in total. The molecule has 2 atom stereocenters. The first-order valence-corrected chi connectivity index (χ1v) is 10.9. The number of carbonyl (C=O) groups excluding carboxylic acids is 1. The van der Waals surface area contributed by atoms with Gasteiger partial charge in [-0.1, -0.05) is 47.0 Å². The van der Waals surface area contributed by atoms with E-state index in [1.807, 2.05) is 0 Å². The number of ether oxygens (including phenoxy) is 1. The summed E-state index contributed by atoms with van der Waals surface area (Å²) in [6.45, 7) is 13.9. The summed E-state index contributed by atoms with van der Waals surface area (Å²) in [7, 11) is -1.74. The van der Waals surface area contributed by atoms with Crippen molar-refractivity contribution < 1.29 is 14.0 Å². The van der Waals surface area contributed by atoms with Crippen LogP contribution < -0.4 is 0 Å². The van der Waals surface area contributed by atoms with Gasteiger partial charge in [0.1, 0.15) is 6.10 Å². The van der Waals surface area contributed by atoms with E-state index in [0.717, 1.165) is 12.8 Å². The highest BCUT2D eigenvalue weighted by molar-refractivity contribution is 6.74. The average Bonchev–Trinajstić information content (AvgIpc) is 2.67. The zero-order valence-corrected chi connectivity index (χ0v) is 15.1. The summed E-state index contributed by atoms with van der Waals surface area (Å²) in [6.07, 6.45) is 4.66. The van der Waals surface area contributed by atoms with Crippen molar-refractivity contribution in [3.8, 4) is 0 Å². The lowest BCUT2D eigenvalue weighted by Crippen LogP contribution is -2.42. The minimum atomic E-state index is -1.74. The number of Topliss-reactive ketones (excluding diaryl/α,β-unsaturated/α-hetero) is 1. The molecule has 0 spiro atoms. The van der Waals surface area contributed by atoms with Gasteiger partial charge in [0.25, 0.3) is 0 Å². The number of rotatable bonds is 7. The van der Waals surface area contributed by atoms with Crippen molar-refractivity contribution in [2.24, 2.45) is 0 Å². The standard InChI is InChI=1S/C16H32O3Si/c1-7-8-9-10-15-14(17)11-13(19-15)12-18-20(5,6)16(2,3)4/h13,15H,7-12H2,1-6H3/t13-,15-/m0/s1. The van der Waals surface area contributed by atoms with E-state index in [-0.39, 0.29) is 23.0 Å². The summed E-state index contributed by atoms with van der Waals surface area (Å²) in [4.78, 5) is 11.9. The third-order valence-corrected chi connectivity index (χ3v) is 9.15. The fourth-order valence-electron chi connectivity index (χ4n) is 2.14. The van der Waals surface area contributed by atoms with Crippen molar-refractivity contribution >= 4 is 14.1 Å². The SMILES string of the molecule is CCCCC[C@@H]1O[C@H](CO[Si](C)(C)C(C)(C)C)CC1=O. The lowest BCUT2D eigenvalue weighted by molar-refractivity contribution is -0.123. The summed E-state index contributed by atoms with van der Waals surface area (Å²) in [6, 6.07) is 0. The average molecular weight is 301 g/mol. The Labute approximate surface area is 125 Å². The van der Waals surface area contributed by atoms with Gasteiger partial charge in [-0.2, -0.15) is 0 Å². The van der Waals surface area contributed by atoms with Crippen molar-refractivity contribution in [3.63, 3.8) is 0 Å². The normalized spacial score (nSPS) is 24.4. The molecule has 0 aromatic heterocycles. The molecule has 0 aliphatic carbocycles. The van der Waals surface area contributed by atoms with E-state index in [1.165, 1.54) is 12.8 Å². The summed E-state index contributed by atoms with van der Waals surface area (Å²) in [5.74, 6) is 0.268. The van der Waals surface area contributed by atoms with Crippen molar-refractivity contribution in [1.82, 2.24) is 0 Å². The fourth-order valence-corrected chi connectivity index (χ4v) is 3.17. The van der Waals surface area contributed by atoms with Crippen LogP contribution in [-0.4, -0.2) is 32.9 Å². The summed E-state index contributed by atoms with van der Waals surface area (Å²) in [5, 5.41) is 0.205. The Kier molecular flexibility index (Phi) is 6.42. The Balaban J connectivity index is 2.38. The Morgan fingerprint density at radius 2 is 1.95 bits per heavy atom. The molecule has 0 amide bonds. The first-order valence-electron chi connectivity index (χ1n) is 7.99. The van der Waals surface area contributed by atoms with Gasteiger partial charge in [0.15, 0.2) is 14.1 Å². The predicted octanol–water partition coefficient (Wildman–Crippen LogP) is 4.32. The van der Waals surface area contributed by atoms with Gasteiger partial charge in [-0.25, -0.2) is 0 Å². The molecule has 0 saturated carbocycles. The molecule has 4 heteroatoms. The van der Waals surface area contributed by atoms with Crippen LogP contribution in [0.5, 0.6) is 0 Å². The zero-order valence-electron chi connectivity index (χ0n) is 14.1. The fraction of sp³-hybridized carbons (Fsp3) is 0.938. The van der Waals surface area contributed by atoms with E-state index in [4.69, 9.17) is 9.16 Å². The highest BCUT2D eigenvalue weighted by Gasteiger charge is 2.39. The molecule has 3 nitrogen and oxygen atoms in total. The maximum Gasteiger partial charge on any atom is 0.192 e. The Bertz CT molecular complexity index is 320. The van der Waals surface area contributed by atoms with Crippen LogP contribution in [0.15, 0.2) is 0 Å². The van der Waals surface area contributed by atoms with Gasteiger partial charge < -0.3 is 9.16 Å². The molecule has 0 radical (unpaired) electrons. The number of unbranched alkanes of at least 4 members (excludes halogenated alkanes) is 2. The van der Waals surface area contributed by atoms with E-state index < -0.39 is 8.32 Å². The van der Waals surface area contributed by atoms with Gasteiger partial charge in [0.2, 0.25) is 0 Å². The van der Waals surface area contributed by atoms with Gasteiger partial charge in [-0.15, -0.1) is 0 Å². The Morgan fingerprint density at radius 3 is 2.50 bits per heavy atom. The molecule has 118 valence electrons. The second-order valence-corrected chi connectivity index (χ2v) is 12.3. The van der Waals surface area contributed by atoms with Crippen LogP contribution in [0.1, 0.15) is 59.8 Å². The quantitative estimate of drug-likeness (QED) is 0.519. The monoisotopic (exact) mass is 300 g/mol. The maximum absolute atomic E-state index is 11.9. The van der Waals surface area contributed by atoms with Crippen molar-refractivity contribution in [2.75, 3.05) is 6.61 Å². The molecule has 0 aromatic rings. The molecular weight excluding hydrogens is 268 g/mol. The second-order valence-electron chi connectivity index (χ2n) is 7.48.